The minimum atomic E-state index is 0.268. The lowest BCUT2D eigenvalue weighted by Crippen LogP contribution is -2.23. The fourth-order valence-corrected chi connectivity index (χ4v) is 4.23. The number of hydrogen-bond donors (Lipinski definition) is 1. The normalized spacial score (nSPS) is 11.1. The summed E-state index contributed by atoms with van der Waals surface area (Å²) in [5.41, 5.74) is 0. The summed E-state index contributed by atoms with van der Waals surface area (Å²) >= 11 is 0. The van der Waals surface area contributed by atoms with Crippen LogP contribution in [-0.4, -0.2) is 12.5 Å². The molecular formula is C28H57NO. The minimum Gasteiger partial charge on any atom is -0.356 e. The van der Waals surface area contributed by atoms with Gasteiger partial charge in [0.15, 0.2) is 0 Å². The lowest BCUT2D eigenvalue weighted by atomic mass is 10.0. The summed E-state index contributed by atoms with van der Waals surface area (Å²) in [6.07, 6.45) is 32.0. The Kier molecular flexibility index (Phi) is 26.0. The molecule has 0 heterocycles. The van der Waals surface area contributed by atoms with E-state index < -0.39 is 0 Å². The van der Waals surface area contributed by atoms with E-state index in [1.54, 1.807) is 0 Å². The van der Waals surface area contributed by atoms with Crippen molar-refractivity contribution in [1.82, 2.24) is 5.32 Å². The Morgan fingerprint density at radius 3 is 1.10 bits per heavy atom. The van der Waals surface area contributed by atoms with Gasteiger partial charge in [0, 0.05) is 13.0 Å². The quantitative estimate of drug-likeness (QED) is 0.145. The molecule has 0 radical (unpaired) electrons. The van der Waals surface area contributed by atoms with Crippen molar-refractivity contribution in [3.05, 3.63) is 0 Å². The third kappa shape index (κ3) is 25.5. The Labute approximate surface area is 190 Å². The summed E-state index contributed by atoms with van der Waals surface area (Å²) in [5, 5.41) is 3.10. The molecule has 0 saturated heterocycles. The van der Waals surface area contributed by atoms with Crippen LogP contribution in [-0.2, 0) is 4.79 Å². The maximum atomic E-state index is 11.8. The van der Waals surface area contributed by atoms with Crippen molar-refractivity contribution < 1.29 is 4.79 Å². The van der Waals surface area contributed by atoms with Gasteiger partial charge in [0.1, 0.15) is 0 Å². The second kappa shape index (κ2) is 26.5. The fraction of sp³-hybridized carbons (Fsp3) is 0.964. The number of rotatable bonds is 25. The number of unbranched alkanes of at least 4 members (excludes halogenated alkanes) is 21. The molecular weight excluding hydrogens is 366 g/mol. The summed E-state index contributed by atoms with van der Waals surface area (Å²) in [5.74, 6) is 0.268. The molecule has 0 aromatic heterocycles. The number of carbonyl (C=O) groups is 1. The van der Waals surface area contributed by atoms with Crippen LogP contribution in [0.25, 0.3) is 0 Å². The SMILES string of the molecule is CCCCCCCCCCCCCCCCCCNC(=O)CCCCCCCCC. The largest absolute Gasteiger partial charge is 0.356 e. The van der Waals surface area contributed by atoms with Gasteiger partial charge in [-0.25, -0.2) is 0 Å². The van der Waals surface area contributed by atoms with Crippen molar-refractivity contribution >= 4 is 5.91 Å². The van der Waals surface area contributed by atoms with E-state index >= 15 is 0 Å². The number of amides is 1. The van der Waals surface area contributed by atoms with Gasteiger partial charge < -0.3 is 5.32 Å². The molecule has 0 aliphatic rings. The van der Waals surface area contributed by atoms with Crippen LogP contribution >= 0.6 is 0 Å². The number of carbonyl (C=O) groups excluding carboxylic acids is 1. The van der Waals surface area contributed by atoms with Gasteiger partial charge in [0.25, 0.3) is 0 Å². The molecule has 30 heavy (non-hydrogen) atoms. The molecule has 0 fully saturated rings. The van der Waals surface area contributed by atoms with Gasteiger partial charge in [0.2, 0.25) is 5.91 Å². The average molecular weight is 424 g/mol. The summed E-state index contributed by atoms with van der Waals surface area (Å²) < 4.78 is 0. The monoisotopic (exact) mass is 423 g/mol. The average Bonchev–Trinajstić information content (AvgIpc) is 2.75. The van der Waals surface area contributed by atoms with E-state index in [1.807, 2.05) is 0 Å². The van der Waals surface area contributed by atoms with E-state index in [0.29, 0.717) is 0 Å². The molecule has 0 aliphatic carbocycles. The summed E-state index contributed by atoms with van der Waals surface area (Å²) in [7, 11) is 0. The van der Waals surface area contributed by atoms with Crippen molar-refractivity contribution in [2.24, 2.45) is 0 Å². The molecule has 0 aromatic rings. The molecule has 0 rings (SSSR count). The molecule has 0 unspecified atom stereocenters. The van der Waals surface area contributed by atoms with Gasteiger partial charge in [-0.05, 0) is 12.8 Å². The highest BCUT2D eigenvalue weighted by molar-refractivity contribution is 5.75. The standard InChI is InChI=1S/C28H57NO/c1-3-5-7-9-11-12-13-14-15-16-17-18-19-21-23-25-27-29-28(30)26-24-22-20-10-8-6-4-2/h3-27H2,1-2H3,(H,29,30). The zero-order valence-corrected chi connectivity index (χ0v) is 21.1. The molecule has 0 aromatic carbocycles. The maximum absolute atomic E-state index is 11.8. The van der Waals surface area contributed by atoms with Crippen LogP contribution in [0.2, 0.25) is 0 Å². The van der Waals surface area contributed by atoms with Crippen molar-refractivity contribution in [3.63, 3.8) is 0 Å². The zero-order valence-electron chi connectivity index (χ0n) is 21.1. The van der Waals surface area contributed by atoms with Crippen LogP contribution in [0.4, 0.5) is 0 Å². The number of nitrogens with one attached hydrogen (secondary N) is 1. The molecule has 0 saturated carbocycles. The van der Waals surface area contributed by atoms with Gasteiger partial charge >= 0.3 is 0 Å². The second-order valence-electron chi connectivity index (χ2n) is 9.52. The summed E-state index contributed by atoms with van der Waals surface area (Å²) in [6.45, 7) is 5.43. The molecule has 0 bridgehead atoms. The molecule has 180 valence electrons. The van der Waals surface area contributed by atoms with Crippen LogP contribution in [0.15, 0.2) is 0 Å². The maximum Gasteiger partial charge on any atom is 0.219 e. The fourth-order valence-electron chi connectivity index (χ4n) is 4.23. The number of hydrogen-bond acceptors (Lipinski definition) is 1. The van der Waals surface area contributed by atoms with Crippen LogP contribution in [0.3, 0.4) is 0 Å². The summed E-state index contributed by atoms with van der Waals surface area (Å²) in [4.78, 5) is 11.8. The van der Waals surface area contributed by atoms with Gasteiger partial charge in [-0.15, -0.1) is 0 Å². The predicted molar refractivity (Wildman–Crippen MR) is 135 cm³/mol. The lowest BCUT2D eigenvalue weighted by Gasteiger charge is -2.06. The second-order valence-corrected chi connectivity index (χ2v) is 9.52. The highest BCUT2D eigenvalue weighted by Crippen LogP contribution is 2.13. The zero-order chi connectivity index (χ0) is 22.0. The van der Waals surface area contributed by atoms with Crippen molar-refractivity contribution in [1.29, 1.82) is 0 Å². The topological polar surface area (TPSA) is 29.1 Å². The van der Waals surface area contributed by atoms with Gasteiger partial charge in [-0.1, -0.05) is 149 Å². The van der Waals surface area contributed by atoms with Crippen molar-refractivity contribution in [3.8, 4) is 0 Å². The third-order valence-electron chi connectivity index (χ3n) is 6.36. The van der Waals surface area contributed by atoms with E-state index in [9.17, 15) is 4.79 Å². The van der Waals surface area contributed by atoms with Crippen molar-refractivity contribution in [2.45, 2.75) is 168 Å². The Morgan fingerprint density at radius 2 is 0.733 bits per heavy atom. The van der Waals surface area contributed by atoms with E-state index in [0.717, 1.165) is 25.8 Å². The first-order valence-corrected chi connectivity index (χ1v) is 14.1. The molecule has 0 spiro atoms. The smallest absolute Gasteiger partial charge is 0.219 e. The molecule has 1 amide bonds. The van der Waals surface area contributed by atoms with E-state index in [4.69, 9.17) is 0 Å². The van der Waals surface area contributed by atoms with Crippen molar-refractivity contribution in [2.75, 3.05) is 6.54 Å². The Balaban J connectivity index is 3.11. The first-order chi connectivity index (χ1) is 14.8. The summed E-state index contributed by atoms with van der Waals surface area (Å²) in [6, 6.07) is 0. The van der Waals surface area contributed by atoms with Gasteiger partial charge in [-0.2, -0.15) is 0 Å². The van der Waals surface area contributed by atoms with Crippen LogP contribution in [0.1, 0.15) is 168 Å². The Bertz CT molecular complexity index is 329. The van der Waals surface area contributed by atoms with Crippen LogP contribution < -0.4 is 5.32 Å². The lowest BCUT2D eigenvalue weighted by molar-refractivity contribution is -0.121. The third-order valence-corrected chi connectivity index (χ3v) is 6.36. The highest BCUT2D eigenvalue weighted by atomic mass is 16.1. The van der Waals surface area contributed by atoms with E-state index in [2.05, 4.69) is 19.2 Å². The first kappa shape index (κ1) is 29.5. The minimum absolute atomic E-state index is 0.268. The highest BCUT2D eigenvalue weighted by Gasteiger charge is 2.00. The predicted octanol–water partition coefficient (Wildman–Crippen LogP) is 9.50. The first-order valence-electron chi connectivity index (χ1n) is 14.1. The molecule has 2 nitrogen and oxygen atoms in total. The van der Waals surface area contributed by atoms with E-state index in [-0.39, 0.29) is 5.91 Å². The molecule has 0 aliphatic heterocycles. The molecule has 2 heteroatoms. The molecule has 0 atom stereocenters. The molecule has 1 N–H and O–H groups in total. The van der Waals surface area contributed by atoms with E-state index in [1.165, 1.54) is 135 Å². The van der Waals surface area contributed by atoms with Gasteiger partial charge in [0.05, 0.1) is 0 Å². The van der Waals surface area contributed by atoms with Gasteiger partial charge in [-0.3, -0.25) is 4.79 Å². The van der Waals surface area contributed by atoms with Crippen LogP contribution in [0.5, 0.6) is 0 Å². The Hall–Kier alpha value is -0.530. The Morgan fingerprint density at radius 1 is 0.433 bits per heavy atom. The van der Waals surface area contributed by atoms with Crippen LogP contribution in [0, 0.1) is 0 Å².